The molecule has 172 valence electrons. The van der Waals surface area contributed by atoms with Crippen LogP contribution in [0.1, 0.15) is 123 Å². The van der Waals surface area contributed by atoms with Crippen molar-refractivity contribution in [2.45, 2.75) is 129 Å². The summed E-state index contributed by atoms with van der Waals surface area (Å²) in [5.74, 6) is 0. The number of benzene rings is 1. The van der Waals surface area contributed by atoms with E-state index in [1.54, 1.807) is 0 Å². The topological polar surface area (TPSA) is 38.3 Å². The van der Waals surface area contributed by atoms with Gasteiger partial charge in [0.05, 0.1) is 0 Å². The van der Waals surface area contributed by atoms with E-state index in [-0.39, 0.29) is 12.2 Å². The van der Waals surface area contributed by atoms with Gasteiger partial charge in [0.2, 0.25) is 0 Å². The lowest BCUT2D eigenvalue weighted by atomic mass is 10.0. The molecule has 1 aromatic carbocycles. The Balaban J connectivity index is 1.81. The Kier molecular flexibility index (Phi) is 17.2. The maximum atomic E-state index is 11.9. The number of para-hydroxylation sites is 1. The smallest absolute Gasteiger partial charge is 0.411 e. The highest BCUT2D eigenvalue weighted by Crippen LogP contribution is 2.15. The van der Waals surface area contributed by atoms with Crippen molar-refractivity contribution in [2.24, 2.45) is 0 Å². The Morgan fingerprint density at radius 3 is 1.63 bits per heavy atom. The molecule has 0 heterocycles. The van der Waals surface area contributed by atoms with Gasteiger partial charge in [-0.1, -0.05) is 121 Å². The lowest BCUT2D eigenvalue weighted by molar-refractivity contribution is 0.114. The minimum atomic E-state index is -0.356. The summed E-state index contributed by atoms with van der Waals surface area (Å²) in [5, 5.41) is 2.77. The fourth-order valence-corrected chi connectivity index (χ4v) is 3.89. The van der Waals surface area contributed by atoms with Crippen LogP contribution < -0.4 is 5.32 Å². The highest BCUT2D eigenvalue weighted by atomic mass is 16.6. The van der Waals surface area contributed by atoms with Crippen LogP contribution in [0.3, 0.4) is 0 Å². The molecule has 3 heteroatoms. The zero-order valence-electron chi connectivity index (χ0n) is 19.8. The van der Waals surface area contributed by atoms with Gasteiger partial charge in [0, 0.05) is 5.69 Å². The SMILES string of the molecule is CCCCCCCCCCCCCCCCCCC(C)OC(=O)Nc1ccccc1. The van der Waals surface area contributed by atoms with E-state index in [0.29, 0.717) is 0 Å². The number of ether oxygens (including phenoxy) is 1. The van der Waals surface area contributed by atoms with Crippen molar-refractivity contribution in [3.63, 3.8) is 0 Å². The van der Waals surface area contributed by atoms with E-state index in [2.05, 4.69) is 12.2 Å². The summed E-state index contributed by atoms with van der Waals surface area (Å²) in [4.78, 5) is 11.9. The highest BCUT2D eigenvalue weighted by molar-refractivity contribution is 5.84. The van der Waals surface area contributed by atoms with E-state index in [9.17, 15) is 4.79 Å². The first-order chi connectivity index (χ1) is 14.7. The van der Waals surface area contributed by atoms with Crippen molar-refractivity contribution < 1.29 is 9.53 Å². The van der Waals surface area contributed by atoms with E-state index < -0.39 is 0 Å². The van der Waals surface area contributed by atoms with Crippen LogP contribution >= 0.6 is 0 Å². The van der Waals surface area contributed by atoms with Crippen LogP contribution in [0, 0.1) is 0 Å². The molecule has 0 fully saturated rings. The summed E-state index contributed by atoms with van der Waals surface area (Å²) >= 11 is 0. The van der Waals surface area contributed by atoms with E-state index >= 15 is 0 Å². The van der Waals surface area contributed by atoms with Crippen molar-refractivity contribution in [3.8, 4) is 0 Å². The number of carbonyl (C=O) groups is 1. The van der Waals surface area contributed by atoms with Crippen molar-refractivity contribution >= 4 is 11.8 Å². The number of carbonyl (C=O) groups excluding carboxylic acids is 1. The van der Waals surface area contributed by atoms with E-state index in [1.165, 1.54) is 96.3 Å². The molecule has 0 bridgehead atoms. The molecular formula is C27H47NO2. The Morgan fingerprint density at radius 1 is 0.733 bits per heavy atom. The van der Waals surface area contributed by atoms with E-state index in [4.69, 9.17) is 4.74 Å². The predicted molar refractivity (Wildman–Crippen MR) is 130 cm³/mol. The molecule has 1 N–H and O–H groups in total. The quantitative estimate of drug-likeness (QED) is 0.228. The van der Waals surface area contributed by atoms with Gasteiger partial charge in [-0.25, -0.2) is 4.79 Å². The third-order valence-electron chi connectivity index (χ3n) is 5.79. The van der Waals surface area contributed by atoms with Gasteiger partial charge < -0.3 is 4.74 Å². The molecule has 0 spiro atoms. The summed E-state index contributed by atoms with van der Waals surface area (Å²) < 4.78 is 5.43. The largest absolute Gasteiger partial charge is 0.446 e. The van der Waals surface area contributed by atoms with Gasteiger partial charge in [-0.3, -0.25) is 5.32 Å². The number of anilines is 1. The number of unbranched alkanes of at least 4 members (excludes halogenated alkanes) is 15. The van der Waals surface area contributed by atoms with E-state index in [0.717, 1.165) is 18.5 Å². The van der Waals surface area contributed by atoms with Crippen LogP contribution in [0.5, 0.6) is 0 Å². The standard InChI is InChI=1S/C27H47NO2/c1-3-4-5-6-7-8-9-10-11-12-13-14-15-16-17-19-22-25(2)30-27(29)28-26-23-20-18-21-24-26/h18,20-21,23-25H,3-17,19,22H2,1-2H3,(H,28,29). The van der Waals surface area contributed by atoms with Gasteiger partial charge in [0.15, 0.2) is 0 Å². The van der Waals surface area contributed by atoms with Crippen molar-refractivity contribution in [1.82, 2.24) is 0 Å². The third-order valence-corrected chi connectivity index (χ3v) is 5.79. The van der Waals surface area contributed by atoms with Crippen LogP contribution in [0.4, 0.5) is 10.5 Å². The molecule has 0 aromatic heterocycles. The van der Waals surface area contributed by atoms with Crippen LogP contribution in [0.25, 0.3) is 0 Å². The molecule has 1 rings (SSSR count). The summed E-state index contributed by atoms with van der Waals surface area (Å²) in [7, 11) is 0. The Morgan fingerprint density at radius 2 is 1.17 bits per heavy atom. The summed E-state index contributed by atoms with van der Waals surface area (Å²) in [5.41, 5.74) is 0.775. The summed E-state index contributed by atoms with van der Waals surface area (Å²) in [6.45, 7) is 4.27. The normalized spacial score (nSPS) is 11.9. The maximum Gasteiger partial charge on any atom is 0.411 e. The van der Waals surface area contributed by atoms with Gasteiger partial charge in [-0.05, 0) is 31.9 Å². The molecule has 1 unspecified atom stereocenters. The second-order valence-corrected chi connectivity index (χ2v) is 8.80. The Bertz CT molecular complexity index is 503. The van der Waals surface area contributed by atoms with Crippen LogP contribution in [-0.2, 0) is 4.74 Å². The molecule has 30 heavy (non-hydrogen) atoms. The van der Waals surface area contributed by atoms with Crippen LogP contribution in [-0.4, -0.2) is 12.2 Å². The Labute approximate surface area is 186 Å². The van der Waals surface area contributed by atoms with Gasteiger partial charge >= 0.3 is 6.09 Å². The summed E-state index contributed by atoms with van der Waals surface area (Å²) in [6.07, 6.45) is 22.6. The van der Waals surface area contributed by atoms with Gasteiger partial charge in [0.1, 0.15) is 6.10 Å². The van der Waals surface area contributed by atoms with Crippen molar-refractivity contribution in [2.75, 3.05) is 5.32 Å². The lowest BCUT2D eigenvalue weighted by Gasteiger charge is -2.13. The second kappa shape index (κ2) is 19.5. The molecule has 1 aromatic rings. The number of nitrogens with one attached hydrogen (secondary N) is 1. The average molecular weight is 418 g/mol. The molecule has 0 saturated heterocycles. The number of rotatable bonds is 19. The maximum absolute atomic E-state index is 11.9. The van der Waals surface area contributed by atoms with Gasteiger partial charge in [-0.2, -0.15) is 0 Å². The first-order valence-electron chi connectivity index (χ1n) is 12.7. The molecule has 1 amide bonds. The lowest BCUT2D eigenvalue weighted by Crippen LogP contribution is -2.20. The fourth-order valence-electron chi connectivity index (χ4n) is 3.89. The monoisotopic (exact) mass is 417 g/mol. The minimum absolute atomic E-state index is 0.0274. The first kappa shape index (κ1) is 26.5. The fraction of sp³-hybridized carbons (Fsp3) is 0.741. The molecule has 0 aliphatic rings. The average Bonchev–Trinajstić information content (AvgIpc) is 2.74. The molecule has 3 nitrogen and oxygen atoms in total. The van der Waals surface area contributed by atoms with Crippen molar-refractivity contribution in [3.05, 3.63) is 30.3 Å². The zero-order chi connectivity index (χ0) is 21.7. The number of hydrogen-bond acceptors (Lipinski definition) is 2. The third kappa shape index (κ3) is 16.3. The molecule has 0 saturated carbocycles. The van der Waals surface area contributed by atoms with Crippen LogP contribution in [0.2, 0.25) is 0 Å². The molecule has 0 aliphatic carbocycles. The summed E-state index contributed by atoms with van der Waals surface area (Å²) in [6, 6.07) is 9.45. The van der Waals surface area contributed by atoms with Gasteiger partial charge in [-0.15, -0.1) is 0 Å². The predicted octanol–water partition coefficient (Wildman–Crippen LogP) is 9.28. The van der Waals surface area contributed by atoms with Gasteiger partial charge in [0.25, 0.3) is 0 Å². The minimum Gasteiger partial charge on any atom is -0.446 e. The highest BCUT2D eigenvalue weighted by Gasteiger charge is 2.09. The Hall–Kier alpha value is -1.51. The number of amides is 1. The molecular weight excluding hydrogens is 370 g/mol. The van der Waals surface area contributed by atoms with Crippen LogP contribution in [0.15, 0.2) is 30.3 Å². The first-order valence-corrected chi connectivity index (χ1v) is 12.7. The second-order valence-electron chi connectivity index (χ2n) is 8.80. The molecule has 1 atom stereocenters. The van der Waals surface area contributed by atoms with E-state index in [1.807, 2.05) is 37.3 Å². The van der Waals surface area contributed by atoms with Crippen molar-refractivity contribution in [1.29, 1.82) is 0 Å². The zero-order valence-corrected chi connectivity index (χ0v) is 19.8. The molecule has 0 radical (unpaired) electrons. The number of hydrogen-bond donors (Lipinski definition) is 1. The molecule has 0 aliphatic heterocycles.